The van der Waals surface area contributed by atoms with Crippen LogP contribution < -0.4 is 10.6 Å². The number of hydrogen-bond acceptors (Lipinski definition) is 3. The van der Waals surface area contributed by atoms with E-state index in [1.54, 1.807) is 0 Å². The molecular formula is C18H26N6. The van der Waals surface area contributed by atoms with Crippen LogP contribution in [-0.4, -0.2) is 34.7 Å². The fourth-order valence-corrected chi connectivity index (χ4v) is 3.18. The average molecular weight is 326 g/mol. The molecule has 2 aromatic rings. The van der Waals surface area contributed by atoms with Gasteiger partial charge in [-0.15, -0.1) is 0 Å². The van der Waals surface area contributed by atoms with Crippen molar-refractivity contribution in [3.8, 4) is 11.4 Å². The molecule has 1 aliphatic carbocycles. The van der Waals surface area contributed by atoms with Gasteiger partial charge in [0.1, 0.15) is 6.33 Å². The van der Waals surface area contributed by atoms with E-state index in [0.29, 0.717) is 5.41 Å². The maximum absolute atomic E-state index is 4.34. The lowest BCUT2D eigenvalue weighted by Crippen LogP contribution is -2.46. The molecule has 1 aromatic carbocycles. The van der Waals surface area contributed by atoms with Crippen LogP contribution in [0.15, 0.2) is 35.6 Å². The van der Waals surface area contributed by atoms with Crippen LogP contribution in [0.4, 0.5) is 0 Å². The molecule has 6 heteroatoms. The van der Waals surface area contributed by atoms with Crippen molar-refractivity contribution in [1.82, 2.24) is 25.8 Å². The van der Waals surface area contributed by atoms with Gasteiger partial charge in [-0.25, -0.2) is 4.98 Å². The fraction of sp³-hybridized carbons (Fsp3) is 0.500. The van der Waals surface area contributed by atoms with Crippen molar-refractivity contribution in [2.45, 2.75) is 39.2 Å². The third-order valence-corrected chi connectivity index (χ3v) is 5.09. The van der Waals surface area contributed by atoms with Crippen LogP contribution in [-0.2, 0) is 6.54 Å². The van der Waals surface area contributed by atoms with Crippen molar-refractivity contribution < 1.29 is 0 Å². The van der Waals surface area contributed by atoms with Gasteiger partial charge in [0.15, 0.2) is 11.8 Å². The summed E-state index contributed by atoms with van der Waals surface area (Å²) in [6, 6.07) is 8.27. The topological polar surface area (TPSA) is 78.0 Å². The average Bonchev–Trinajstić information content (AvgIpc) is 3.12. The molecule has 0 aliphatic heterocycles. The molecule has 6 nitrogen and oxygen atoms in total. The molecule has 1 fully saturated rings. The fourth-order valence-electron chi connectivity index (χ4n) is 3.18. The highest BCUT2D eigenvalue weighted by Crippen LogP contribution is 2.42. The molecule has 0 radical (unpaired) electrons. The number of guanidine groups is 1. The van der Waals surface area contributed by atoms with E-state index in [9.17, 15) is 0 Å². The van der Waals surface area contributed by atoms with Gasteiger partial charge in [0.25, 0.3) is 0 Å². The van der Waals surface area contributed by atoms with E-state index < -0.39 is 0 Å². The summed E-state index contributed by atoms with van der Waals surface area (Å²) in [7, 11) is 1.82. The van der Waals surface area contributed by atoms with Crippen molar-refractivity contribution in [3.63, 3.8) is 0 Å². The summed E-state index contributed by atoms with van der Waals surface area (Å²) in [5, 5.41) is 13.7. The molecule has 1 saturated carbocycles. The molecule has 0 amide bonds. The second kappa shape index (κ2) is 7.47. The zero-order chi connectivity index (χ0) is 16.8. The summed E-state index contributed by atoms with van der Waals surface area (Å²) >= 11 is 0. The number of aromatic amines is 1. The number of benzene rings is 1. The first-order valence-electron chi connectivity index (χ1n) is 8.64. The molecule has 1 heterocycles. The zero-order valence-electron chi connectivity index (χ0n) is 14.5. The lowest BCUT2D eigenvalue weighted by molar-refractivity contribution is 0.131. The Kier molecular flexibility index (Phi) is 5.13. The lowest BCUT2D eigenvalue weighted by atomic mass is 9.67. The van der Waals surface area contributed by atoms with Gasteiger partial charge in [-0.05, 0) is 36.3 Å². The van der Waals surface area contributed by atoms with E-state index in [4.69, 9.17) is 0 Å². The van der Waals surface area contributed by atoms with Crippen molar-refractivity contribution in [1.29, 1.82) is 0 Å². The Morgan fingerprint density at radius 2 is 2.21 bits per heavy atom. The van der Waals surface area contributed by atoms with Gasteiger partial charge in [0.05, 0.1) is 0 Å². The molecule has 24 heavy (non-hydrogen) atoms. The summed E-state index contributed by atoms with van der Waals surface area (Å²) in [4.78, 5) is 8.53. The maximum atomic E-state index is 4.34. The highest BCUT2D eigenvalue weighted by molar-refractivity contribution is 5.79. The van der Waals surface area contributed by atoms with Crippen LogP contribution in [0.1, 0.15) is 38.2 Å². The summed E-state index contributed by atoms with van der Waals surface area (Å²) in [5.74, 6) is 1.65. The van der Waals surface area contributed by atoms with Gasteiger partial charge in [0, 0.05) is 25.7 Å². The predicted octanol–water partition coefficient (Wildman–Crippen LogP) is 2.72. The number of aromatic nitrogens is 3. The molecule has 0 spiro atoms. The molecule has 128 valence electrons. The molecule has 0 saturated heterocycles. The Balaban J connectivity index is 1.55. The van der Waals surface area contributed by atoms with Gasteiger partial charge in [-0.1, -0.05) is 31.5 Å². The molecule has 3 N–H and O–H groups in total. The quantitative estimate of drug-likeness (QED) is 0.563. The number of rotatable bonds is 6. The van der Waals surface area contributed by atoms with E-state index in [1.165, 1.54) is 37.6 Å². The van der Waals surface area contributed by atoms with Crippen LogP contribution in [0, 0.1) is 5.41 Å². The van der Waals surface area contributed by atoms with Crippen molar-refractivity contribution >= 4 is 5.96 Å². The first-order valence-corrected chi connectivity index (χ1v) is 8.64. The highest BCUT2D eigenvalue weighted by Gasteiger charge is 2.34. The molecule has 1 aromatic heterocycles. The number of aliphatic imine (C=N–C) groups is 1. The standard InChI is InChI=1S/C18H26N6/c1-3-18(8-5-9-18)12-21-17(19-2)20-11-14-6-4-7-15(10-14)16-22-13-23-24-16/h4,6-7,10,13H,3,5,8-9,11-12H2,1-2H3,(H2,19,20,21)(H,22,23,24). The van der Waals surface area contributed by atoms with Crippen LogP contribution in [0.2, 0.25) is 0 Å². The summed E-state index contributed by atoms with van der Waals surface area (Å²) in [6.07, 6.45) is 6.77. The molecular weight excluding hydrogens is 300 g/mol. The zero-order valence-corrected chi connectivity index (χ0v) is 14.5. The van der Waals surface area contributed by atoms with Crippen molar-refractivity contribution in [2.24, 2.45) is 10.4 Å². The minimum absolute atomic E-state index is 0.476. The summed E-state index contributed by atoms with van der Waals surface area (Å²) < 4.78 is 0. The molecule has 1 aliphatic rings. The Hall–Kier alpha value is -2.37. The van der Waals surface area contributed by atoms with Crippen molar-refractivity contribution in [2.75, 3.05) is 13.6 Å². The Bertz CT molecular complexity index is 667. The van der Waals surface area contributed by atoms with Gasteiger partial charge in [-0.3, -0.25) is 10.1 Å². The first-order chi connectivity index (χ1) is 11.7. The second-order valence-electron chi connectivity index (χ2n) is 6.52. The van der Waals surface area contributed by atoms with E-state index in [0.717, 1.165) is 30.4 Å². The van der Waals surface area contributed by atoms with Gasteiger partial charge in [-0.2, -0.15) is 5.10 Å². The Labute approximate surface area is 143 Å². The lowest BCUT2D eigenvalue weighted by Gasteiger charge is -2.41. The van der Waals surface area contributed by atoms with Crippen LogP contribution in [0.3, 0.4) is 0 Å². The van der Waals surface area contributed by atoms with Crippen LogP contribution in [0.25, 0.3) is 11.4 Å². The minimum Gasteiger partial charge on any atom is -0.356 e. The number of hydrogen-bond donors (Lipinski definition) is 3. The molecule has 0 atom stereocenters. The van der Waals surface area contributed by atoms with Crippen LogP contribution in [0.5, 0.6) is 0 Å². The van der Waals surface area contributed by atoms with E-state index >= 15 is 0 Å². The third kappa shape index (κ3) is 3.75. The molecule has 3 rings (SSSR count). The van der Waals surface area contributed by atoms with Gasteiger partial charge >= 0.3 is 0 Å². The van der Waals surface area contributed by atoms with Crippen LogP contribution >= 0.6 is 0 Å². The number of H-pyrrole nitrogens is 1. The Morgan fingerprint density at radius 1 is 1.33 bits per heavy atom. The largest absolute Gasteiger partial charge is 0.356 e. The predicted molar refractivity (Wildman–Crippen MR) is 96.6 cm³/mol. The highest BCUT2D eigenvalue weighted by atomic mass is 15.2. The second-order valence-corrected chi connectivity index (χ2v) is 6.52. The minimum atomic E-state index is 0.476. The smallest absolute Gasteiger partial charge is 0.191 e. The molecule has 0 bridgehead atoms. The van der Waals surface area contributed by atoms with Crippen molar-refractivity contribution in [3.05, 3.63) is 36.2 Å². The van der Waals surface area contributed by atoms with E-state index in [2.05, 4.69) is 49.9 Å². The Morgan fingerprint density at radius 3 is 2.83 bits per heavy atom. The number of nitrogens with zero attached hydrogens (tertiary/aromatic N) is 3. The first kappa shape index (κ1) is 16.5. The van der Waals surface area contributed by atoms with Gasteiger partial charge < -0.3 is 10.6 Å². The number of nitrogens with one attached hydrogen (secondary N) is 3. The summed E-state index contributed by atoms with van der Waals surface area (Å²) in [5.41, 5.74) is 2.69. The van der Waals surface area contributed by atoms with E-state index in [1.807, 2.05) is 19.2 Å². The SMILES string of the molecule is CCC1(CNC(=NC)NCc2cccc(-c3ncn[nH]3)c2)CCC1. The van der Waals surface area contributed by atoms with E-state index in [-0.39, 0.29) is 0 Å². The monoisotopic (exact) mass is 326 g/mol. The molecule has 0 unspecified atom stereocenters. The maximum Gasteiger partial charge on any atom is 0.191 e. The third-order valence-electron chi connectivity index (χ3n) is 5.09. The van der Waals surface area contributed by atoms with Gasteiger partial charge in [0.2, 0.25) is 0 Å². The summed E-state index contributed by atoms with van der Waals surface area (Å²) in [6.45, 7) is 4.01. The normalized spacial score (nSPS) is 16.5.